The molecule has 23 heavy (non-hydrogen) atoms. The lowest BCUT2D eigenvalue weighted by atomic mass is 9.95. The van der Waals surface area contributed by atoms with Crippen molar-refractivity contribution in [2.24, 2.45) is 5.92 Å². The van der Waals surface area contributed by atoms with Gasteiger partial charge in [0.2, 0.25) is 5.95 Å². The van der Waals surface area contributed by atoms with Crippen molar-refractivity contribution >= 4 is 23.2 Å². The van der Waals surface area contributed by atoms with Crippen molar-refractivity contribution in [1.82, 2.24) is 15.0 Å². The third-order valence-electron chi connectivity index (χ3n) is 3.98. The number of thiazole rings is 1. The molecule has 1 aliphatic rings. The highest BCUT2D eigenvalue weighted by Crippen LogP contribution is 2.23. The van der Waals surface area contributed by atoms with E-state index in [1.807, 2.05) is 6.92 Å². The van der Waals surface area contributed by atoms with Crippen molar-refractivity contribution in [3.63, 3.8) is 0 Å². The number of aromatic nitrogens is 3. The van der Waals surface area contributed by atoms with Crippen LogP contribution in [0.1, 0.15) is 58.3 Å². The zero-order valence-electron chi connectivity index (χ0n) is 13.8. The molecule has 2 aromatic heterocycles. The minimum atomic E-state index is -0.173. The Hall–Kier alpha value is -1.82. The smallest absolute Gasteiger partial charge is 0.269 e. The number of carbonyl (C=O) groups excluding carboxylic acids is 1. The molecule has 0 atom stereocenters. The first-order valence-electron chi connectivity index (χ1n) is 8.15. The third kappa shape index (κ3) is 3.75. The number of carbonyl (C=O) groups is 1. The van der Waals surface area contributed by atoms with E-state index < -0.39 is 0 Å². The van der Waals surface area contributed by atoms with Crippen LogP contribution in [-0.2, 0) is 19.3 Å². The van der Waals surface area contributed by atoms with E-state index in [-0.39, 0.29) is 5.91 Å². The van der Waals surface area contributed by atoms with Crippen molar-refractivity contribution < 1.29 is 4.79 Å². The van der Waals surface area contributed by atoms with E-state index in [1.54, 1.807) is 6.20 Å². The van der Waals surface area contributed by atoms with Gasteiger partial charge in [0.15, 0.2) is 0 Å². The molecule has 122 valence electrons. The number of nitrogens with zero attached hydrogens (tertiary/aromatic N) is 3. The second-order valence-corrected chi connectivity index (χ2v) is 7.55. The summed E-state index contributed by atoms with van der Waals surface area (Å²) in [6.45, 7) is 6.28. The lowest BCUT2D eigenvalue weighted by Gasteiger charge is -2.17. The Morgan fingerprint density at radius 2 is 2.09 bits per heavy atom. The van der Waals surface area contributed by atoms with Gasteiger partial charge in [-0.25, -0.2) is 15.0 Å². The fourth-order valence-electron chi connectivity index (χ4n) is 2.86. The average molecular weight is 330 g/mol. The molecule has 2 aromatic rings. The van der Waals surface area contributed by atoms with Gasteiger partial charge in [0, 0.05) is 17.8 Å². The molecule has 0 bridgehead atoms. The standard InChI is InChI=1S/C17H22N4OS/c1-10(2)8-15-18-9-14(23-15)16(22)21-17-19-11(3)12-6-4-5-7-13(12)20-17/h9-10H,4-8H2,1-3H3,(H,19,20,21,22). The number of hydrogen-bond donors (Lipinski definition) is 1. The molecule has 0 unspecified atom stereocenters. The fraction of sp³-hybridized carbons (Fsp3) is 0.529. The van der Waals surface area contributed by atoms with E-state index in [1.165, 1.54) is 23.3 Å². The zero-order chi connectivity index (χ0) is 16.4. The number of hydrogen-bond acceptors (Lipinski definition) is 5. The first-order valence-corrected chi connectivity index (χ1v) is 8.97. The van der Waals surface area contributed by atoms with E-state index >= 15 is 0 Å². The van der Waals surface area contributed by atoms with Gasteiger partial charge in [-0.3, -0.25) is 10.1 Å². The molecule has 0 spiro atoms. The molecule has 0 saturated heterocycles. The number of amides is 1. The maximum atomic E-state index is 12.4. The van der Waals surface area contributed by atoms with Crippen LogP contribution in [-0.4, -0.2) is 20.9 Å². The Morgan fingerprint density at radius 3 is 2.87 bits per heavy atom. The molecule has 1 N–H and O–H groups in total. The summed E-state index contributed by atoms with van der Waals surface area (Å²) >= 11 is 1.44. The Labute approximate surface area is 140 Å². The summed E-state index contributed by atoms with van der Waals surface area (Å²) in [7, 11) is 0. The first kappa shape index (κ1) is 16.1. The second-order valence-electron chi connectivity index (χ2n) is 6.44. The van der Waals surface area contributed by atoms with Crippen LogP contribution in [0.5, 0.6) is 0 Å². The maximum absolute atomic E-state index is 12.4. The van der Waals surface area contributed by atoms with Crippen molar-refractivity contribution in [3.05, 3.63) is 33.0 Å². The highest BCUT2D eigenvalue weighted by Gasteiger charge is 2.18. The van der Waals surface area contributed by atoms with Crippen molar-refractivity contribution in [3.8, 4) is 0 Å². The van der Waals surface area contributed by atoms with Gasteiger partial charge in [0.1, 0.15) is 4.88 Å². The van der Waals surface area contributed by atoms with Gasteiger partial charge in [0.05, 0.1) is 11.2 Å². The molecule has 1 aliphatic carbocycles. The number of rotatable bonds is 4. The van der Waals surface area contributed by atoms with Crippen molar-refractivity contribution in [1.29, 1.82) is 0 Å². The van der Waals surface area contributed by atoms with Crippen molar-refractivity contribution in [2.75, 3.05) is 5.32 Å². The lowest BCUT2D eigenvalue weighted by molar-refractivity contribution is 0.102. The second kappa shape index (κ2) is 6.74. The SMILES string of the molecule is Cc1nc(NC(=O)c2cnc(CC(C)C)s2)nc2c1CCCC2. The van der Waals surface area contributed by atoms with Crippen LogP contribution in [0.2, 0.25) is 0 Å². The molecule has 0 saturated carbocycles. The molecule has 0 aliphatic heterocycles. The minimum absolute atomic E-state index is 0.173. The number of anilines is 1. The van der Waals surface area contributed by atoms with Gasteiger partial charge in [-0.05, 0) is 44.1 Å². The summed E-state index contributed by atoms with van der Waals surface area (Å²) in [6, 6.07) is 0. The van der Waals surface area contributed by atoms with E-state index in [0.29, 0.717) is 16.7 Å². The number of fused-ring (bicyclic) bond motifs is 1. The molecule has 2 heterocycles. The Morgan fingerprint density at radius 1 is 1.30 bits per heavy atom. The number of aryl methyl sites for hydroxylation is 2. The summed E-state index contributed by atoms with van der Waals surface area (Å²) in [5.74, 6) is 0.767. The Kier molecular flexibility index (Phi) is 4.71. The molecule has 5 nitrogen and oxygen atoms in total. The molecule has 6 heteroatoms. The largest absolute Gasteiger partial charge is 0.290 e. The topological polar surface area (TPSA) is 67.8 Å². The summed E-state index contributed by atoms with van der Waals surface area (Å²) in [5.41, 5.74) is 3.32. The summed E-state index contributed by atoms with van der Waals surface area (Å²) in [5, 5.41) is 3.82. The van der Waals surface area contributed by atoms with Crippen LogP contribution >= 0.6 is 11.3 Å². The van der Waals surface area contributed by atoms with Gasteiger partial charge >= 0.3 is 0 Å². The summed E-state index contributed by atoms with van der Waals surface area (Å²) in [4.78, 5) is 26.3. The molecule has 3 rings (SSSR count). The number of nitrogens with one attached hydrogen (secondary N) is 1. The molecular formula is C17H22N4OS. The lowest BCUT2D eigenvalue weighted by Crippen LogP contribution is -2.17. The van der Waals surface area contributed by atoms with Crippen LogP contribution in [0.3, 0.4) is 0 Å². The predicted molar refractivity (Wildman–Crippen MR) is 92.0 cm³/mol. The van der Waals surface area contributed by atoms with Crippen LogP contribution in [0.15, 0.2) is 6.20 Å². The Balaban J connectivity index is 1.75. The van der Waals surface area contributed by atoms with Gasteiger partial charge in [-0.15, -0.1) is 11.3 Å². The first-order chi connectivity index (χ1) is 11.0. The van der Waals surface area contributed by atoms with E-state index in [9.17, 15) is 4.79 Å². The van der Waals surface area contributed by atoms with E-state index in [4.69, 9.17) is 0 Å². The van der Waals surface area contributed by atoms with Crippen LogP contribution in [0, 0.1) is 12.8 Å². The van der Waals surface area contributed by atoms with Gasteiger partial charge in [-0.1, -0.05) is 13.8 Å². The van der Waals surface area contributed by atoms with Crippen LogP contribution < -0.4 is 5.32 Å². The summed E-state index contributed by atoms with van der Waals surface area (Å²) in [6.07, 6.45) is 6.91. The van der Waals surface area contributed by atoms with Crippen molar-refractivity contribution in [2.45, 2.75) is 52.9 Å². The fourth-order valence-corrected chi connectivity index (χ4v) is 3.88. The quantitative estimate of drug-likeness (QED) is 0.930. The normalized spacial score (nSPS) is 13.9. The van der Waals surface area contributed by atoms with E-state index in [2.05, 4.69) is 34.1 Å². The van der Waals surface area contributed by atoms with Gasteiger partial charge in [0.25, 0.3) is 5.91 Å². The van der Waals surface area contributed by atoms with Crippen LogP contribution in [0.4, 0.5) is 5.95 Å². The molecule has 0 fully saturated rings. The Bertz CT molecular complexity index is 723. The molecule has 0 radical (unpaired) electrons. The van der Waals surface area contributed by atoms with Crippen LogP contribution in [0.25, 0.3) is 0 Å². The van der Waals surface area contributed by atoms with Gasteiger partial charge < -0.3 is 0 Å². The van der Waals surface area contributed by atoms with E-state index in [0.717, 1.165) is 42.1 Å². The monoisotopic (exact) mass is 330 g/mol. The maximum Gasteiger partial charge on any atom is 0.269 e. The molecular weight excluding hydrogens is 308 g/mol. The summed E-state index contributed by atoms with van der Waals surface area (Å²) < 4.78 is 0. The highest BCUT2D eigenvalue weighted by molar-refractivity contribution is 7.13. The average Bonchev–Trinajstić information content (AvgIpc) is 2.95. The zero-order valence-corrected chi connectivity index (χ0v) is 14.7. The van der Waals surface area contributed by atoms with Gasteiger partial charge in [-0.2, -0.15) is 0 Å². The minimum Gasteiger partial charge on any atom is -0.290 e. The highest BCUT2D eigenvalue weighted by atomic mass is 32.1. The molecule has 1 amide bonds. The molecule has 0 aromatic carbocycles. The third-order valence-corrected chi connectivity index (χ3v) is 4.99. The predicted octanol–water partition coefficient (Wildman–Crippen LogP) is 3.57.